The summed E-state index contributed by atoms with van der Waals surface area (Å²) < 4.78 is 0. The Morgan fingerprint density at radius 2 is 2.06 bits per heavy atom. The van der Waals surface area contributed by atoms with Crippen molar-refractivity contribution in [3.63, 3.8) is 0 Å². The van der Waals surface area contributed by atoms with Gasteiger partial charge in [-0.25, -0.2) is 0 Å². The van der Waals surface area contributed by atoms with Crippen LogP contribution in [0, 0.1) is 5.41 Å². The lowest BCUT2D eigenvalue weighted by Crippen LogP contribution is -2.43. The van der Waals surface area contributed by atoms with Crippen molar-refractivity contribution in [1.29, 1.82) is 0 Å². The number of rotatable bonds is 5. The van der Waals surface area contributed by atoms with Crippen molar-refractivity contribution in [1.82, 2.24) is 5.32 Å². The van der Waals surface area contributed by atoms with Gasteiger partial charge in [0.25, 0.3) is 0 Å². The fourth-order valence-electron chi connectivity index (χ4n) is 3.24. The topological polar surface area (TPSA) is 12.0 Å². The molecule has 0 spiro atoms. The zero-order valence-corrected chi connectivity index (χ0v) is 12.3. The van der Waals surface area contributed by atoms with Gasteiger partial charge in [-0.3, -0.25) is 0 Å². The number of nitrogens with one attached hydrogen (secondary N) is 1. The molecule has 18 heavy (non-hydrogen) atoms. The number of halogens is 1. The second-order valence-electron chi connectivity index (χ2n) is 5.81. The molecule has 2 heteroatoms. The van der Waals surface area contributed by atoms with Crippen molar-refractivity contribution in [3.05, 3.63) is 34.9 Å². The number of benzene rings is 1. The van der Waals surface area contributed by atoms with Gasteiger partial charge in [0.1, 0.15) is 0 Å². The van der Waals surface area contributed by atoms with Gasteiger partial charge in [-0.1, -0.05) is 50.4 Å². The summed E-state index contributed by atoms with van der Waals surface area (Å²) in [5, 5.41) is 4.54. The maximum absolute atomic E-state index is 6.08. The van der Waals surface area contributed by atoms with Crippen molar-refractivity contribution in [2.24, 2.45) is 5.41 Å². The Hall–Kier alpha value is -0.530. The molecule has 1 fully saturated rings. The van der Waals surface area contributed by atoms with Crippen LogP contribution in [-0.2, 0) is 6.42 Å². The van der Waals surface area contributed by atoms with Crippen LogP contribution in [0.15, 0.2) is 24.3 Å². The predicted octanol–water partition coefficient (Wildman–Crippen LogP) is 4.44. The van der Waals surface area contributed by atoms with E-state index in [9.17, 15) is 0 Å². The Morgan fingerprint density at radius 3 is 2.67 bits per heavy atom. The van der Waals surface area contributed by atoms with E-state index >= 15 is 0 Å². The molecule has 1 aromatic carbocycles. The molecule has 1 nitrogen and oxygen atoms in total. The quantitative estimate of drug-likeness (QED) is 0.830. The fraction of sp³-hybridized carbons (Fsp3) is 0.625. The van der Waals surface area contributed by atoms with Gasteiger partial charge in [-0.15, -0.1) is 0 Å². The maximum atomic E-state index is 6.08. The maximum Gasteiger partial charge on any atom is 0.0408 e. The highest BCUT2D eigenvalue weighted by Crippen LogP contribution is 2.41. The molecule has 0 aliphatic heterocycles. The van der Waals surface area contributed by atoms with Crippen molar-refractivity contribution >= 4 is 11.6 Å². The van der Waals surface area contributed by atoms with Gasteiger partial charge in [0.15, 0.2) is 0 Å². The van der Waals surface area contributed by atoms with Gasteiger partial charge in [-0.05, 0) is 48.9 Å². The first-order valence-electron chi connectivity index (χ1n) is 7.12. The van der Waals surface area contributed by atoms with E-state index in [-0.39, 0.29) is 0 Å². The molecule has 1 atom stereocenters. The molecule has 1 aliphatic carbocycles. The van der Waals surface area contributed by atoms with Crippen LogP contribution in [-0.4, -0.2) is 12.6 Å². The van der Waals surface area contributed by atoms with Crippen molar-refractivity contribution in [2.45, 2.75) is 52.0 Å². The van der Waals surface area contributed by atoms with Crippen LogP contribution in [0.5, 0.6) is 0 Å². The Morgan fingerprint density at radius 1 is 1.33 bits per heavy atom. The molecule has 0 amide bonds. The molecule has 2 rings (SSSR count). The predicted molar refractivity (Wildman–Crippen MR) is 79.2 cm³/mol. The van der Waals surface area contributed by atoms with Gasteiger partial charge in [0.2, 0.25) is 0 Å². The largest absolute Gasteiger partial charge is 0.313 e. The van der Waals surface area contributed by atoms with Gasteiger partial charge < -0.3 is 5.32 Å². The highest BCUT2D eigenvalue weighted by atomic mass is 35.5. The molecular formula is C16H24ClN. The highest BCUT2D eigenvalue weighted by molar-refractivity contribution is 6.30. The second-order valence-corrected chi connectivity index (χ2v) is 6.24. The van der Waals surface area contributed by atoms with E-state index in [2.05, 4.69) is 37.4 Å². The van der Waals surface area contributed by atoms with Crippen molar-refractivity contribution < 1.29 is 0 Å². The molecule has 1 aliphatic rings. The smallest absolute Gasteiger partial charge is 0.0408 e. The number of hydrogen-bond donors (Lipinski definition) is 1. The number of hydrogen-bond acceptors (Lipinski definition) is 1. The molecule has 0 radical (unpaired) electrons. The molecule has 100 valence electrons. The lowest BCUT2D eigenvalue weighted by molar-refractivity contribution is 0.222. The SMILES string of the molecule is CCNC(Cc1cccc(Cl)c1)C1(C)CCCC1. The Balaban J connectivity index is 2.10. The summed E-state index contributed by atoms with van der Waals surface area (Å²) >= 11 is 6.08. The third-order valence-electron chi connectivity index (χ3n) is 4.37. The van der Waals surface area contributed by atoms with Crippen LogP contribution < -0.4 is 5.32 Å². The van der Waals surface area contributed by atoms with Crippen LogP contribution in [0.2, 0.25) is 5.02 Å². The summed E-state index contributed by atoms with van der Waals surface area (Å²) in [6.07, 6.45) is 6.56. The number of likely N-dealkylation sites (N-methyl/N-ethyl adjacent to an activating group) is 1. The molecular weight excluding hydrogens is 242 g/mol. The minimum absolute atomic E-state index is 0.457. The van der Waals surface area contributed by atoms with E-state index in [1.165, 1.54) is 31.2 Å². The van der Waals surface area contributed by atoms with Crippen molar-refractivity contribution in [2.75, 3.05) is 6.54 Å². The highest BCUT2D eigenvalue weighted by Gasteiger charge is 2.36. The van der Waals surface area contributed by atoms with Crippen molar-refractivity contribution in [3.8, 4) is 0 Å². The third kappa shape index (κ3) is 3.27. The van der Waals surface area contributed by atoms with Gasteiger partial charge in [0.05, 0.1) is 0 Å². The van der Waals surface area contributed by atoms with Crippen LogP contribution in [0.25, 0.3) is 0 Å². The standard InChI is InChI=1S/C16H24ClN/c1-3-18-15(16(2)9-4-5-10-16)12-13-7-6-8-14(17)11-13/h6-8,11,15,18H,3-5,9-10,12H2,1-2H3. The molecule has 1 saturated carbocycles. The molecule has 0 aromatic heterocycles. The van der Waals surface area contributed by atoms with Crippen LogP contribution in [0.1, 0.15) is 45.1 Å². The normalized spacial score (nSPS) is 19.9. The van der Waals surface area contributed by atoms with Crippen LogP contribution >= 0.6 is 11.6 Å². The zero-order valence-electron chi connectivity index (χ0n) is 11.5. The van der Waals surface area contributed by atoms with E-state index in [1.54, 1.807) is 0 Å². The Labute approximate surface area is 116 Å². The molecule has 0 saturated heterocycles. The van der Waals surface area contributed by atoms with Crippen LogP contribution in [0.3, 0.4) is 0 Å². The minimum Gasteiger partial charge on any atom is -0.313 e. The molecule has 0 heterocycles. The molecule has 1 unspecified atom stereocenters. The Kier molecular flexibility index (Phi) is 4.69. The summed E-state index contributed by atoms with van der Waals surface area (Å²) in [4.78, 5) is 0. The lowest BCUT2D eigenvalue weighted by atomic mass is 9.78. The first-order valence-corrected chi connectivity index (χ1v) is 7.50. The Bertz CT molecular complexity index is 382. The monoisotopic (exact) mass is 265 g/mol. The molecule has 1 aromatic rings. The molecule has 1 N–H and O–H groups in total. The van der Waals surface area contributed by atoms with E-state index < -0.39 is 0 Å². The summed E-state index contributed by atoms with van der Waals surface area (Å²) in [6, 6.07) is 8.87. The molecule has 0 bridgehead atoms. The minimum atomic E-state index is 0.457. The third-order valence-corrected chi connectivity index (χ3v) is 4.60. The summed E-state index contributed by atoms with van der Waals surface area (Å²) in [5.74, 6) is 0. The van der Waals surface area contributed by atoms with E-state index in [0.29, 0.717) is 11.5 Å². The summed E-state index contributed by atoms with van der Waals surface area (Å²) in [6.45, 7) is 5.68. The summed E-state index contributed by atoms with van der Waals surface area (Å²) in [7, 11) is 0. The van der Waals surface area contributed by atoms with Gasteiger partial charge >= 0.3 is 0 Å². The van der Waals surface area contributed by atoms with Gasteiger partial charge in [-0.2, -0.15) is 0 Å². The first-order chi connectivity index (χ1) is 8.64. The fourth-order valence-corrected chi connectivity index (χ4v) is 3.46. The van der Waals surface area contributed by atoms with E-state index in [0.717, 1.165) is 18.0 Å². The first kappa shape index (κ1) is 13.9. The lowest BCUT2D eigenvalue weighted by Gasteiger charge is -2.35. The van der Waals surface area contributed by atoms with Crippen LogP contribution in [0.4, 0.5) is 0 Å². The zero-order chi connectivity index (χ0) is 13.0. The summed E-state index contributed by atoms with van der Waals surface area (Å²) in [5.41, 5.74) is 1.81. The second kappa shape index (κ2) is 6.08. The van der Waals surface area contributed by atoms with Gasteiger partial charge in [0, 0.05) is 11.1 Å². The van der Waals surface area contributed by atoms with E-state index in [4.69, 9.17) is 11.6 Å². The average molecular weight is 266 g/mol. The average Bonchev–Trinajstić information content (AvgIpc) is 2.77. The van der Waals surface area contributed by atoms with E-state index in [1.807, 2.05) is 6.07 Å².